The monoisotopic (exact) mass is 328 g/mol. The van der Waals surface area contributed by atoms with Crippen LogP contribution >= 0.6 is 11.8 Å². The molecular weight excluding hydrogens is 304 g/mol. The first-order valence-corrected chi connectivity index (χ1v) is 8.88. The Morgan fingerprint density at radius 1 is 1.09 bits per heavy atom. The van der Waals surface area contributed by atoms with Gasteiger partial charge in [-0.15, -0.1) is 11.8 Å². The molecule has 0 aliphatic rings. The lowest BCUT2D eigenvalue weighted by atomic mass is 10.2. The molecule has 23 heavy (non-hydrogen) atoms. The first kappa shape index (κ1) is 17.5. The fourth-order valence-corrected chi connectivity index (χ4v) is 2.89. The zero-order valence-electron chi connectivity index (χ0n) is 13.9. The van der Waals surface area contributed by atoms with Crippen LogP contribution in [0.4, 0.5) is 0 Å². The number of ether oxygens (including phenoxy) is 2. The summed E-state index contributed by atoms with van der Waals surface area (Å²) >= 11 is 1.78. The van der Waals surface area contributed by atoms with Gasteiger partial charge in [0, 0.05) is 10.6 Å². The summed E-state index contributed by atoms with van der Waals surface area (Å²) in [6.45, 7) is 9.61. The van der Waals surface area contributed by atoms with Crippen LogP contribution in [0.15, 0.2) is 65.6 Å². The molecule has 122 valence electrons. The molecule has 0 radical (unpaired) electrons. The Morgan fingerprint density at radius 2 is 1.87 bits per heavy atom. The average Bonchev–Trinajstić information content (AvgIpc) is 2.58. The molecule has 0 saturated heterocycles. The molecule has 2 aromatic rings. The lowest BCUT2D eigenvalue weighted by Crippen LogP contribution is -2.02. The predicted octanol–water partition coefficient (Wildman–Crippen LogP) is 5.51. The maximum Gasteiger partial charge on any atom is 0.122 e. The van der Waals surface area contributed by atoms with Crippen molar-refractivity contribution in [3.05, 3.63) is 66.2 Å². The highest BCUT2D eigenvalue weighted by atomic mass is 32.2. The Bertz CT molecular complexity index is 623. The second-order valence-corrected chi connectivity index (χ2v) is 6.46. The van der Waals surface area contributed by atoms with E-state index >= 15 is 0 Å². The predicted molar refractivity (Wildman–Crippen MR) is 98.8 cm³/mol. The summed E-state index contributed by atoms with van der Waals surface area (Å²) in [5.41, 5.74) is 2.25. The van der Waals surface area contributed by atoms with Crippen molar-refractivity contribution in [1.29, 1.82) is 0 Å². The molecule has 0 fully saturated rings. The zero-order valence-corrected chi connectivity index (χ0v) is 14.7. The fraction of sp³-hybridized carbons (Fsp3) is 0.300. The highest BCUT2D eigenvalue weighted by Gasteiger charge is 2.03. The molecule has 0 aliphatic heterocycles. The Labute approximate surface area is 143 Å². The molecule has 2 rings (SSSR count). The van der Waals surface area contributed by atoms with E-state index in [0.29, 0.717) is 6.61 Å². The van der Waals surface area contributed by atoms with Crippen LogP contribution in [-0.2, 0) is 0 Å². The van der Waals surface area contributed by atoms with Gasteiger partial charge in [0.1, 0.15) is 18.1 Å². The summed E-state index contributed by atoms with van der Waals surface area (Å²) in [4.78, 5) is 1.23. The van der Waals surface area contributed by atoms with Crippen LogP contribution in [0, 0.1) is 6.92 Å². The third-order valence-electron chi connectivity index (χ3n) is 3.24. The van der Waals surface area contributed by atoms with Crippen LogP contribution < -0.4 is 9.47 Å². The van der Waals surface area contributed by atoms with Crippen molar-refractivity contribution in [3.63, 3.8) is 0 Å². The van der Waals surface area contributed by atoms with E-state index < -0.39 is 0 Å². The van der Waals surface area contributed by atoms with E-state index in [2.05, 4.69) is 38.6 Å². The molecule has 0 heterocycles. The Hall–Kier alpha value is -1.87. The van der Waals surface area contributed by atoms with Crippen molar-refractivity contribution < 1.29 is 9.47 Å². The second kappa shape index (κ2) is 9.31. The maximum absolute atomic E-state index is 5.71. The summed E-state index contributed by atoms with van der Waals surface area (Å²) in [5.74, 6) is 2.70. The van der Waals surface area contributed by atoms with Crippen molar-refractivity contribution in [1.82, 2.24) is 0 Å². The van der Waals surface area contributed by atoms with Crippen molar-refractivity contribution in [3.8, 4) is 11.5 Å². The Balaban J connectivity index is 1.78. The molecule has 0 N–H and O–H groups in total. The normalized spacial score (nSPS) is 10.3. The van der Waals surface area contributed by atoms with Gasteiger partial charge in [0.25, 0.3) is 0 Å². The largest absolute Gasteiger partial charge is 0.493 e. The van der Waals surface area contributed by atoms with Gasteiger partial charge >= 0.3 is 0 Å². The first-order valence-electron chi connectivity index (χ1n) is 7.89. The maximum atomic E-state index is 5.71. The minimum absolute atomic E-state index is 0.549. The standard InChI is InChI=1S/C20H24O2S/c1-4-12-21-20-11-10-19(13-17(20)3)23-15-16(2)14-22-18-8-6-5-7-9-18/h5-11,13H,2,4,12,14-15H2,1,3H3. The zero-order chi connectivity index (χ0) is 16.5. The van der Waals surface area contributed by atoms with Gasteiger partial charge in [0.2, 0.25) is 0 Å². The van der Waals surface area contributed by atoms with Gasteiger partial charge in [-0.3, -0.25) is 0 Å². The third kappa shape index (κ3) is 6.03. The number of thioether (sulfide) groups is 1. The smallest absolute Gasteiger partial charge is 0.122 e. The highest BCUT2D eigenvalue weighted by Crippen LogP contribution is 2.27. The molecule has 0 aromatic heterocycles. The highest BCUT2D eigenvalue weighted by molar-refractivity contribution is 7.99. The summed E-state index contributed by atoms with van der Waals surface area (Å²) in [5, 5.41) is 0. The molecule has 3 heteroatoms. The molecule has 0 unspecified atom stereocenters. The van der Waals surface area contributed by atoms with E-state index in [1.54, 1.807) is 11.8 Å². The lowest BCUT2D eigenvalue weighted by molar-refractivity contribution is 0.315. The van der Waals surface area contributed by atoms with E-state index in [4.69, 9.17) is 9.47 Å². The minimum Gasteiger partial charge on any atom is -0.493 e. The number of para-hydroxylation sites is 1. The number of aryl methyl sites for hydroxylation is 1. The summed E-state index contributed by atoms with van der Waals surface area (Å²) < 4.78 is 11.4. The van der Waals surface area contributed by atoms with Gasteiger partial charge in [0.05, 0.1) is 6.61 Å². The van der Waals surface area contributed by atoms with Crippen LogP contribution in [0.1, 0.15) is 18.9 Å². The average molecular weight is 328 g/mol. The summed E-state index contributed by atoms with van der Waals surface area (Å²) in [6, 6.07) is 16.2. The quantitative estimate of drug-likeness (QED) is 0.446. The lowest BCUT2D eigenvalue weighted by Gasteiger charge is -2.11. The van der Waals surface area contributed by atoms with Crippen LogP contribution in [-0.4, -0.2) is 19.0 Å². The van der Waals surface area contributed by atoms with Crippen LogP contribution in [0.5, 0.6) is 11.5 Å². The van der Waals surface area contributed by atoms with E-state index in [9.17, 15) is 0 Å². The SMILES string of the molecule is C=C(COc1ccccc1)CSc1ccc(OCCC)c(C)c1. The van der Waals surface area contributed by atoms with E-state index in [-0.39, 0.29) is 0 Å². The van der Waals surface area contributed by atoms with Gasteiger partial charge in [-0.1, -0.05) is 31.7 Å². The van der Waals surface area contributed by atoms with Gasteiger partial charge in [0.15, 0.2) is 0 Å². The molecule has 0 saturated carbocycles. The van der Waals surface area contributed by atoms with Crippen LogP contribution in [0.3, 0.4) is 0 Å². The second-order valence-electron chi connectivity index (χ2n) is 5.42. The number of hydrogen-bond donors (Lipinski definition) is 0. The van der Waals surface area contributed by atoms with E-state index in [1.807, 2.05) is 30.3 Å². The summed E-state index contributed by atoms with van der Waals surface area (Å²) in [6.07, 6.45) is 1.02. The van der Waals surface area contributed by atoms with E-state index in [1.165, 1.54) is 10.5 Å². The molecule has 0 atom stereocenters. The molecular formula is C20H24O2S. The Kier molecular flexibility index (Phi) is 7.08. The molecule has 2 aromatic carbocycles. The first-order chi connectivity index (χ1) is 11.2. The molecule has 2 nitrogen and oxygen atoms in total. The van der Waals surface area contributed by atoms with Gasteiger partial charge in [-0.05, 0) is 54.8 Å². The van der Waals surface area contributed by atoms with E-state index in [0.717, 1.165) is 35.9 Å². The van der Waals surface area contributed by atoms with Crippen molar-refractivity contribution in [2.45, 2.75) is 25.2 Å². The number of hydrogen-bond acceptors (Lipinski definition) is 3. The summed E-state index contributed by atoms with van der Waals surface area (Å²) in [7, 11) is 0. The number of rotatable bonds is 9. The Morgan fingerprint density at radius 3 is 2.57 bits per heavy atom. The molecule has 0 aliphatic carbocycles. The van der Waals surface area contributed by atoms with Gasteiger partial charge in [-0.2, -0.15) is 0 Å². The van der Waals surface area contributed by atoms with Crippen molar-refractivity contribution in [2.24, 2.45) is 0 Å². The topological polar surface area (TPSA) is 18.5 Å². The van der Waals surface area contributed by atoms with Gasteiger partial charge < -0.3 is 9.47 Å². The van der Waals surface area contributed by atoms with Crippen LogP contribution in [0.2, 0.25) is 0 Å². The molecule has 0 bridgehead atoms. The molecule has 0 amide bonds. The minimum atomic E-state index is 0.549. The van der Waals surface area contributed by atoms with Gasteiger partial charge in [-0.25, -0.2) is 0 Å². The van der Waals surface area contributed by atoms with Crippen LogP contribution in [0.25, 0.3) is 0 Å². The molecule has 0 spiro atoms. The number of benzene rings is 2. The third-order valence-corrected chi connectivity index (χ3v) is 4.38. The van der Waals surface area contributed by atoms with Crippen molar-refractivity contribution in [2.75, 3.05) is 19.0 Å². The fourth-order valence-electron chi connectivity index (χ4n) is 2.01. The van der Waals surface area contributed by atoms with Crippen molar-refractivity contribution >= 4 is 11.8 Å².